The topological polar surface area (TPSA) is 32.8 Å². The highest BCUT2D eigenvalue weighted by Crippen LogP contribution is 2.22. The first kappa shape index (κ1) is 13.2. The summed E-state index contributed by atoms with van der Waals surface area (Å²) >= 11 is 0. The molecule has 4 nitrogen and oxygen atoms in total. The third-order valence-electron chi connectivity index (χ3n) is 3.80. The first-order chi connectivity index (χ1) is 9.30. The molecule has 0 bridgehead atoms. The first-order valence-corrected chi connectivity index (χ1v) is 7.53. The van der Waals surface area contributed by atoms with E-state index in [9.17, 15) is 4.79 Å². The van der Waals surface area contributed by atoms with Gasteiger partial charge in [-0.1, -0.05) is 6.42 Å². The number of likely N-dealkylation sites (tertiary alicyclic amines) is 2. The second-order valence-corrected chi connectivity index (χ2v) is 6.58. The Balaban J connectivity index is 1.86. The molecule has 2 aliphatic rings. The van der Waals surface area contributed by atoms with Crippen LogP contribution >= 0.6 is 0 Å². The van der Waals surface area contributed by atoms with Gasteiger partial charge in [0.25, 0.3) is 0 Å². The summed E-state index contributed by atoms with van der Waals surface area (Å²) in [6.45, 7) is 9.00. The molecule has 0 N–H and O–H groups in total. The monoisotopic (exact) mass is 269 g/mol. The van der Waals surface area contributed by atoms with Crippen molar-refractivity contribution in [1.82, 2.24) is 9.80 Å². The van der Waals surface area contributed by atoms with Crippen LogP contribution in [0.25, 0.3) is 0 Å². The van der Waals surface area contributed by atoms with Gasteiger partial charge in [-0.25, -0.2) is 4.79 Å². The van der Waals surface area contributed by atoms with E-state index in [2.05, 4.69) is 4.90 Å². The van der Waals surface area contributed by atoms with Crippen LogP contribution in [0, 0.1) is 0 Å². The minimum Gasteiger partial charge on any atom is -0.444 e. The number of carbonyl (C=O) groups excluding carboxylic acids is 1. The number of rotatable bonds is 1. The molecule has 2 heterocycles. The second kappa shape index (κ2) is 6.12. The number of hydrogen-bond donors (Lipinski definition) is 0. The minimum absolute atomic E-state index is 0.238. The van der Waals surface area contributed by atoms with Crippen LogP contribution in [0.3, 0.4) is 0 Å². The van der Waals surface area contributed by atoms with Crippen molar-refractivity contribution in [2.24, 2.45) is 0 Å². The Labute approximate surface area is 118 Å². The lowest BCUT2D eigenvalue weighted by molar-refractivity contribution is 0.0131. The fraction of sp³-hybridized carbons (Fsp3) is 0.933. The Morgan fingerprint density at radius 1 is 1.11 bits per heavy atom. The Hall–Kier alpha value is -0.770. The van der Waals surface area contributed by atoms with Crippen LogP contribution in [0.1, 0.15) is 54.2 Å². The Bertz CT molecular complexity index is 340. The van der Waals surface area contributed by atoms with Crippen molar-refractivity contribution in [2.75, 3.05) is 26.2 Å². The fourth-order valence-electron chi connectivity index (χ4n) is 2.80. The standard InChI is InChI=1S/C15H28N2O2/c1-15(2,3)19-14(18)17-11-7-13(8-12-17)16-9-5-4-6-10-16/h13H,4-12H2,1-3H3/i13D. The van der Waals surface area contributed by atoms with E-state index in [4.69, 9.17) is 6.11 Å². The Morgan fingerprint density at radius 3 is 2.21 bits per heavy atom. The number of piperidine rings is 2. The van der Waals surface area contributed by atoms with Crippen molar-refractivity contribution < 1.29 is 10.9 Å². The third kappa shape index (κ3) is 4.37. The molecule has 0 aromatic heterocycles. The van der Waals surface area contributed by atoms with E-state index >= 15 is 0 Å². The van der Waals surface area contributed by atoms with E-state index < -0.39 is 11.6 Å². The third-order valence-corrected chi connectivity index (χ3v) is 3.80. The SMILES string of the molecule is [2H]C1(N2CCCCC2)CCN(C(=O)OC(C)(C)C)CC1. The molecule has 0 spiro atoms. The van der Waals surface area contributed by atoms with Crippen molar-refractivity contribution in [3.8, 4) is 0 Å². The van der Waals surface area contributed by atoms with Gasteiger partial charge in [0.2, 0.25) is 0 Å². The number of hydrogen-bond acceptors (Lipinski definition) is 3. The van der Waals surface area contributed by atoms with Crippen molar-refractivity contribution in [2.45, 2.75) is 64.5 Å². The van der Waals surface area contributed by atoms with Crippen molar-refractivity contribution in [3.63, 3.8) is 0 Å². The summed E-state index contributed by atoms with van der Waals surface area (Å²) in [5.74, 6) is 0. The molecule has 2 saturated heterocycles. The quantitative estimate of drug-likeness (QED) is 0.734. The molecule has 110 valence electrons. The van der Waals surface area contributed by atoms with E-state index in [0.717, 1.165) is 25.9 Å². The number of carbonyl (C=O) groups is 1. The molecule has 0 aliphatic carbocycles. The van der Waals surface area contributed by atoms with Crippen LogP contribution in [-0.4, -0.2) is 53.7 Å². The Morgan fingerprint density at radius 2 is 1.68 bits per heavy atom. The highest BCUT2D eigenvalue weighted by atomic mass is 16.6. The zero-order valence-electron chi connectivity index (χ0n) is 13.6. The summed E-state index contributed by atoms with van der Waals surface area (Å²) in [6.07, 6.45) is 4.92. The summed E-state index contributed by atoms with van der Waals surface area (Å²) in [5, 5.41) is 0. The average Bonchev–Trinajstić information content (AvgIpc) is 2.38. The van der Waals surface area contributed by atoms with Gasteiger partial charge < -0.3 is 14.5 Å². The van der Waals surface area contributed by atoms with E-state index in [1.54, 1.807) is 4.90 Å². The molecule has 19 heavy (non-hydrogen) atoms. The van der Waals surface area contributed by atoms with Gasteiger partial charge in [0.05, 0.1) is 0 Å². The fourth-order valence-corrected chi connectivity index (χ4v) is 2.80. The largest absolute Gasteiger partial charge is 0.444 e. The van der Waals surface area contributed by atoms with Gasteiger partial charge in [-0.15, -0.1) is 0 Å². The zero-order valence-corrected chi connectivity index (χ0v) is 12.6. The molecule has 0 atom stereocenters. The lowest BCUT2D eigenvalue weighted by Gasteiger charge is -2.40. The molecule has 2 aliphatic heterocycles. The molecule has 0 saturated carbocycles. The van der Waals surface area contributed by atoms with Gasteiger partial charge in [0, 0.05) is 20.5 Å². The van der Waals surface area contributed by atoms with Crippen LogP contribution in [0.15, 0.2) is 0 Å². The lowest BCUT2D eigenvalue weighted by atomic mass is 10.0. The molecule has 1 amide bonds. The maximum absolute atomic E-state index is 12.0. The molecule has 0 unspecified atom stereocenters. The zero-order chi connectivity index (χ0) is 14.8. The highest BCUT2D eigenvalue weighted by Gasteiger charge is 2.29. The molecule has 2 fully saturated rings. The van der Waals surface area contributed by atoms with Gasteiger partial charge >= 0.3 is 6.09 Å². The van der Waals surface area contributed by atoms with Crippen LogP contribution in [0.4, 0.5) is 4.79 Å². The highest BCUT2D eigenvalue weighted by molar-refractivity contribution is 5.68. The maximum Gasteiger partial charge on any atom is 0.410 e. The molecule has 0 radical (unpaired) electrons. The summed E-state index contributed by atoms with van der Waals surface area (Å²) in [5.41, 5.74) is -0.445. The number of amides is 1. The van der Waals surface area contributed by atoms with Crippen molar-refractivity contribution in [3.05, 3.63) is 0 Å². The van der Waals surface area contributed by atoms with Crippen molar-refractivity contribution in [1.29, 1.82) is 0 Å². The number of nitrogens with zero attached hydrogens (tertiary/aromatic N) is 2. The molecular weight excluding hydrogens is 240 g/mol. The van der Waals surface area contributed by atoms with E-state index in [1.807, 2.05) is 20.8 Å². The van der Waals surface area contributed by atoms with Gasteiger partial charge in [-0.2, -0.15) is 0 Å². The smallest absolute Gasteiger partial charge is 0.410 e. The molecule has 4 heteroatoms. The summed E-state index contributed by atoms with van der Waals surface area (Å²) in [4.78, 5) is 16.1. The summed E-state index contributed by atoms with van der Waals surface area (Å²) in [6, 6.07) is -0.473. The molecule has 0 aromatic rings. The number of ether oxygens (including phenoxy) is 1. The normalized spacial score (nSPS) is 25.8. The van der Waals surface area contributed by atoms with Crippen LogP contribution in [0.5, 0.6) is 0 Å². The molecular formula is C15H28N2O2. The lowest BCUT2D eigenvalue weighted by Crippen LogP contribution is -2.49. The predicted octanol–water partition coefficient (Wildman–Crippen LogP) is 2.87. The van der Waals surface area contributed by atoms with Gasteiger partial charge in [0.15, 0.2) is 0 Å². The van der Waals surface area contributed by atoms with Crippen LogP contribution in [0.2, 0.25) is 0 Å². The first-order valence-electron chi connectivity index (χ1n) is 8.03. The second-order valence-electron chi connectivity index (χ2n) is 6.58. The van der Waals surface area contributed by atoms with E-state index in [-0.39, 0.29) is 6.09 Å². The molecule has 2 rings (SSSR count). The van der Waals surface area contributed by atoms with Gasteiger partial charge in [-0.05, 0) is 59.5 Å². The Kier molecular flexibility index (Phi) is 4.26. The maximum atomic E-state index is 12.0. The van der Waals surface area contributed by atoms with Gasteiger partial charge in [-0.3, -0.25) is 0 Å². The summed E-state index contributed by atoms with van der Waals surface area (Å²) < 4.78 is 14.1. The minimum atomic E-state index is -0.473. The van der Waals surface area contributed by atoms with Crippen molar-refractivity contribution >= 4 is 6.09 Å². The average molecular weight is 269 g/mol. The predicted molar refractivity (Wildman–Crippen MR) is 76.3 cm³/mol. The molecule has 0 aromatic carbocycles. The van der Waals surface area contributed by atoms with Gasteiger partial charge in [0.1, 0.15) is 5.60 Å². The van der Waals surface area contributed by atoms with Crippen LogP contribution in [-0.2, 0) is 4.74 Å². The van der Waals surface area contributed by atoms with E-state index in [1.165, 1.54) is 19.3 Å². The van der Waals surface area contributed by atoms with Crippen LogP contribution < -0.4 is 0 Å². The van der Waals surface area contributed by atoms with E-state index in [0.29, 0.717) is 13.1 Å². The summed E-state index contributed by atoms with van der Waals surface area (Å²) in [7, 11) is 0.